The van der Waals surface area contributed by atoms with E-state index >= 15 is 0 Å². The lowest BCUT2D eigenvalue weighted by Crippen LogP contribution is -2.67. The summed E-state index contributed by atoms with van der Waals surface area (Å²) in [4.78, 5) is 2.49. The topological polar surface area (TPSA) is 75.0 Å². The zero-order valence-corrected chi connectivity index (χ0v) is 19.7. The molecule has 2 aliphatic heterocycles. The Hall–Kier alpha value is -2.39. The molecular formula is C24H29N3O4S. The normalized spacial score (nSPS) is 21.0. The SMILES string of the molecule is COc1ccc2c3c(n(C)c2c1)[C@H](CO)N(C)CC31CN(S(=O)(=O)c2cccc(C)c2)C1. The van der Waals surface area contributed by atoms with Gasteiger partial charge in [0.25, 0.3) is 0 Å². The number of fused-ring (bicyclic) bond motifs is 4. The fourth-order valence-electron chi connectivity index (χ4n) is 5.59. The molecule has 2 aromatic carbocycles. The fourth-order valence-corrected chi connectivity index (χ4v) is 7.31. The van der Waals surface area contributed by atoms with Crippen LogP contribution in [-0.4, -0.2) is 67.7 Å². The molecule has 5 rings (SSSR count). The van der Waals surface area contributed by atoms with Gasteiger partial charge in [0.15, 0.2) is 0 Å². The molecule has 0 radical (unpaired) electrons. The van der Waals surface area contributed by atoms with Crippen LogP contribution < -0.4 is 4.74 Å². The average molecular weight is 456 g/mol. The Morgan fingerprint density at radius 2 is 1.88 bits per heavy atom. The molecule has 0 unspecified atom stereocenters. The van der Waals surface area contributed by atoms with Gasteiger partial charge in [-0.2, -0.15) is 4.31 Å². The summed E-state index contributed by atoms with van der Waals surface area (Å²) < 4.78 is 35.8. The average Bonchev–Trinajstić information content (AvgIpc) is 3.04. The van der Waals surface area contributed by atoms with Crippen molar-refractivity contribution in [1.82, 2.24) is 13.8 Å². The largest absolute Gasteiger partial charge is 0.497 e. The molecular weight excluding hydrogens is 426 g/mol. The minimum Gasteiger partial charge on any atom is -0.497 e. The summed E-state index contributed by atoms with van der Waals surface area (Å²) in [5, 5.41) is 11.3. The van der Waals surface area contributed by atoms with Crippen molar-refractivity contribution < 1.29 is 18.3 Å². The number of likely N-dealkylation sites (N-methyl/N-ethyl adjacent to an activating group) is 1. The van der Waals surface area contributed by atoms with Crippen molar-refractivity contribution in [3.8, 4) is 5.75 Å². The van der Waals surface area contributed by atoms with Crippen LogP contribution in [0.4, 0.5) is 0 Å². The van der Waals surface area contributed by atoms with E-state index in [0.29, 0.717) is 24.5 Å². The van der Waals surface area contributed by atoms with Gasteiger partial charge in [-0.25, -0.2) is 8.42 Å². The summed E-state index contributed by atoms with van der Waals surface area (Å²) in [6.45, 7) is 3.44. The second-order valence-electron chi connectivity index (χ2n) is 9.19. The maximum atomic E-state index is 13.3. The second kappa shape index (κ2) is 7.31. The van der Waals surface area contributed by atoms with E-state index in [2.05, 4.69) is 15.5 Å². The first-order valence-corrected chi connectivity index (χ1v) is 12.2. The van der Waals surface area contributed by atoms with Crippen LogP contribution in [0.3, 0.4) is 0 Å². The van der Waals surface area contributed by atoms with Crippen LogP contribution in [0.2, 0.25) is 0 Å². The standard InChI is InChI=1S/C24H29N3O4S/c1-16-6-5-7-18(10-16)32(29,30)27-14-24(15-27)13-25(2)21(12-28)23-22(24)19-9-8-17(31-4)11-20(19)26(23)3/h5-11,21,28H,12-15H2,1-4H3/t21-/m0/s1. The molecule has 32 heavy (non-hydrogen) atoms. The molecule has 0 aliphatic carbocycles. The molecule has 2 aliphatic rings. The predicted molar refractivity (Wildman–Crippen MR) is 124 cm³/mol. The molecule has 0 bridgehead atoms. The van der Waals surface area contributed by atoms with Crippen LogP contribution in [0.5, 0.6) is 5.75 Å². The number of hydrogen-bond acceptors (Lipinski definition) is 5. The summed E-state index contributed by atoms with van der Waals surface area (Å²) in [6, 6.07) is 13.0. The van der Waals surface area contributed by atoms with E-state index in [9.17, 15) is 13.5 Å². The van der Waals surface area contributed by atoms with Gasteiger partial charge in [-0.05, 0) is 49.4 Å². The number of nitrogens with zero attached hydrogens (tertiary/aromatic N) is 3. The van der Waals surface area contributed by atoms with E-state index < -0.39 is 10.0 Å². The highest BCUT2D eigenvalue weighted by Gasteiger charge is 2.55. The highest BCUT2D eigenvalue weighted by Crippen LogP contribution is 2.50. The number of ether oxygens (including phenoxy) is 1. The van der Waals surface area contributed by atoms with Gasteiger partial charge in [-0.1, -0.05) is 12.1 Å². The fraction of sp³-hybridized carbons (Fsp3) is 0.417. The number of methoxy groups -OCH3 is 1. The molecule has 170 valence electrons. The van der Waals surface area contributed by atoms with Gasteiger partial charge in [-0.15, -0.1) is 0 Å². The quantitative estimate of drug-likeness (QED) is 0.654. The van der Waals surface area contributed by atoms with Gasteiger partial charge in [0, 0.05) is 49.2 Å². The zero-order chi connectivity index (χ0) is 22.8. The Morgan fingerprint density at radius 1 is 1.12 bits per heavy atom. The number of aliphatic hydroxyl groups excluding tert-OH is 1. The van der Waals surface area contributed by atoms with Gasteiger partial charge in [0.2, 0.25) is 10.0 Å². The smallest absolute Gasteiger partial charge is 0.243 e. The van der Waals surface area contributed by atoms with E-state index in [4.69, 9.17) is 4.74 Å². The number of rotatable bonds is 4. The van der Waals surface area contributed by atoms with Crippen LogP contribution in [0.25, 0.3) is 10.9 Å². The lowest BCUT2D eigenvalue weighted by molar-refractivity contribution is 0.0451. The molecule has 1 fully saturated rings. The molecule has 3 heterocycles. The number of aliphatic hydroxyl groups is 1. The zero-order valence-electron chi connectivity index (χ0n) is 18.9. The highest BCUT2D eigenvalue weighted by molar-refractivity contribution is 7.89. The molecule has 0 saturated carbocycles. The Labute approximate surface area is 188 Å². The van der Waals surface area contributed by atoms with Crippen LogP contribution in [0, 0.1) is 6.92 Å². The maximum absolute atomic E-state index is 13.3. The van der Waals surface area contributed by atoms with Crippen molar-refractivity contribution in [1.29, 1.82) is 0 Å². The molecule has 1 atom stereocenters. The van der Waals surface area contributed by atoms with E-state index in [1.54, 1.807) is 29.6 Å². The van der Waals surface area contributed by atoms with Crippen molar-refractivity contribution in [2.75, 3.05) is 40.4 Å². The van der Waals surface area contributed by atoms with Crippen LogP contribution in [0.15, 0.2) is 47.4 Å². The minimum absolute atomic E-state index is 0.00613. The predicted octanol–water partition coefficient (Wildman–Crippen LogP) is 2.42. The third-order valence-corrected chi connectivity index (χ3v) is 8.93. The Morgan fingerprint density at radius 3 is 2.53 bits per heavy atom. The first kappa shape index (κ1) is 21.5. The highest BCUT2D eigenvalue weighted by atomic mass is 32.2. The van der Waals surface area contributed by atoms with Gasteiger partial charge >= 0.3 is 0 Å². The molecule has 1 spiro atoms. The third-order valence-electron chi connectivity index (χ3n) is 7.14. The number of aryl methyl sites for hydroxylation is 2. The summed E-state index contributed by atoms with van der Waals surface area (Å²) >= 11 is 0. The molecule has 1 saturated heterocycles. The van der Waals surface area contributed by atoms with Crippen LogP contribution in [0.1, 0.15) is 22.9 Å². The molecule has 3 aromatic rings. The van der Waals surface area contributed by atoms with Gasteiger partial charge in [-0.3, -0.25) is 4.90 Å². The molecule has 8 heteroatoms. The number of aromatic nitrogens is 1. The van der Waals surface area contributed by atoms with E-state index in [1.165, 1.54) is 0 Å². The van der Waals surface area contributed by atoms with Crippen molar-refractivity contribution in [3.63, 3.8) is 0 Å². The number of sulfonamides is 1. The van der Waals surface area contributed by atoms with E-state index in [0.717, 1.165) is 33.5 Å². The van der Waals surface area contributed by atoms with Gasteiger partial charge in [0.1, 0.15) is 5.75 Å². The second-order valence-corrected chi connectivity index (χ2v) is 11.1. The number of benzene rings is 2. The Bertz CT molecular complexity index is 1310. The van der Waals surface area contributed by atoms with E-state index in [-0.39, 0.29) is 18.1 Å². The molecule has 1 N–H and O–H groups in total. The maximum Gasteiger partial charge on any atom is 0.243 e. The lowest BCUT2D eigenvalue weighted by atomic mass is 9.70. The molecule has 7 nitrogen and oxygen atoms in total. The van der Waals surface area contributed by atoms with Crippen molar-refractivity contribution in [2.24, 2.45) is 7.05 Å². The molecule has 1 aromatic heterocycles. The summed E-state index contributed by atoms with van der Waals surface area (Å²) in [6.07, 6.45) is 0. The van der Waals surface area contributed by atoms with Crippen molar-refractivity contribution in [2.45, 2.75) is 23.3 Å². The summed E-state index contributed by atoms with van der Waals surface area (Å²) in [5.74, 6) is 0.774. The van der Waals surface area contributed by atoms with Gasteiger partial charge < -0.3 is 14.4 Å². The molecule has 0 amide bonds. The summed E-state index contributed by atoms with van der Waals surface area (Å²) in [5.41, 5.74) is 3.85. The first-order valence-electron chi connectivity index (χ1n) is 10.8. The third kappa shape index (κ3) is 2.94. The van der Waals surface area contributed by atoms with Crippen LogP contribution in [-0.2, 0) is 22.5 Å². The van der Waals surface area contributed by atoms with E-state index in [1.807, 2.05) is 39.2 Å². The first-order chi connectivity index (χ1) is 15.2. The van der Waals surface area contributed by atoms with Crippen molar-refractivity contribution in [3.05, 3.63) is 59.3 Å². The Kier molecular flexibility index (Phi) is 4.90. The van der Waals surface area contributed by atoms with Crippen LogP contribution >= 0.6 is 0 Å². The number of hydrogen-bond donors (Lipinski definition) is 1. The monoisotopic (exact) mass is 455 g/mol. The lowest BCUT2D eigenvalue weighted by Gasteiger charge is -2.55. The van der Waals surface area contributed by atoms with Gasteiger partial charge in [0.05, 0.1) is 30.2 Å². The Balaban J connectivity index is 1.61. The minimum atomic E-state index is -3.56. The van der Waals surface area contributed by atoms with Crippen molar-refractivity contribution >= 4 is 20.9 Å². The summed E-state index contributed by atoms with van der Waals surface area (Å²) in [7, 11) is 2.10.